The summed E-state index contributed by atoms with van der Waals surface area (Å²) in [6, 6.07) is 3.76. The lowest BCUT2D eigenvalue weighted by Crippen LogP contribution is -2.39. The number of hydrogen-bond donors (Lipinski definition) is 1. The monoisotopic (exact) mass is 248 g/mol. The van der Waals surface area contributed by atoms with Gasteiger partial charge in [-0.05, 0) is 25.1 Å². The highest BCUT2D eigenvalue weighted by molar-refractivity contribution is 6.31. The molecule has 0 amide bonds. The molecule has 0 heterocycles. The fourth-order valence-corrected chi connectivity index (χ4v) is 1.88. The standard InChI is InChI=1S/C11H14ClFO3/c1-11(14,10(15-2)16-3)8-6-7(13)4-5-9(8)12/h4-6,10,14H,1-3H3. The van der Waals surface area contributed by atoms with E-state index in [2.05, 4.69) is 0 Å². The molecule has 0 bridgehead atoms. The van der Waals surface area contributed by atoms with Crippen molar-refractivity contribution in [3.05, 3.63) is 34.6 Å². The van der Waals surface area contributed by atoms with Gasteiger partial charge in [-0.25, -0.2) is 4.39 Å². The van der Waals surface area contributed by atoms with Crippen molar-refractivity contribution in [2.45, 2.75) is 18.8 Å². The minimum absolute atomic E-state index is 0.225. The number of halogens is 2. The molecule has 0 aliphatic heterocycles. The third-order valence-electron chi connectivity index (χ3n) is 2.36. The van der Waals surface area contributed by atoms with E-state index in [-0.39, 0.29) is 10.6 Å². The zero-order chi connectivity index (χ0) is 12.3. The fraction of sp³-hybridized carbons (Fsp3) is 0.455. The van der Waals surface area contributed by atoms with E-state index in [1.807, 2.05) is 0 Å². The first-order valence-electron chi connectivity index (χ1n) is 4.67. The Hall–Kier alpha value is -0.680. The van der Waals surface area contributed by atoms with Crippen LogP contribution in [0.4, 0.5) is 4.39 Å². The molecule has 1 N–H and O–H groups in total. The number of hydrogen-bond acceptors (Lipinski definition) is 3. The van der Waals surface area contributed by atoms with E-state index in [1.54, 1.807) is 0 Å². The third kappa shape index (κ3) is 2.52. The molecular formula is C11H14ClFO3. The van der Waals surface area contributed by atoms with Crippen LogP contribution in [-0.2, 0) is 15.1 Å². The topological polar surface area (TPSA) is 38.7 Å². The maximum atomic E-state index is 13.1. The summed E-state index contributed by atoms with van der Waals surface area (Å²) in [5.74, 6) is -0.481. The first kappa shape index (κ1) is 13.4. The van der Waals surface area contributed by atoms with Crippen molar-refractivity contribution in [2.24, 2.45) is 0 Å². The van der Waals surface area contributed by atoms with Gasteiger partial charge in [0.2, 0.25) is 0 Å². The van der Waals surface area contributed by atoms with Crippen LogP contribution in [0, 0.1) is 5.82 Å². The summed E-state index contributed by atoms with van der Waals surface area (Å²) in [5, 5.41) is 10.5. The van der Waals surface area contributed by atoms with Crippen LogP contribution in [0.1, 0.15) is 12.5 Å². The molecule has 0 aliphatic carbocycles. The second-order valence-corrected chi connectivity index (χ2v) is 3.98. The number of methoxy groups -OCH3 is 2. The summed E-state index contributed by atoms with van der Waals surface area (Å²) in [5.41, 5.74) is -1.30. The molecule has 5 heteroatoms. The normalized spacial score (nSPS) is 15.2. The van der Waals surface area contributed by atoms with Crippen molar-refractivity contribution in [3.8, 4) is 0 Å². The van der Waals surface area contributed by atoms with Gasteiger partial charge < -0.3 is 14.6 Å². The summed E-state index contributed by atoms with van der Waals surface area (Å²) >= 11 is 5.90. The van der Waals surface area contributed by atoms with Gasteiger partial charge in [-0.3, -0.25) is 0 Å². The SMILES string of the molecule is COC(OC)C(C)(O)c1cc(F)ccc1Cl. The Morgan fingerprint density at radius 3 is 2.44 bits per heavy atom. The summed E-state index contributed by atoms with van der Waals surface area (Å²) in [4.78, 5) is 0. The molecule has 0 aromatic heterocycles. The predicted molar refractivity (Wildman–Crippen MR) is 58.8 cm³/mol. The van der Waals surface area contributed by atoms with E-state index >= 15 is 0 Å². The summed E-state index contributed by atoms with van der Waals surface area (Å²) in [7, 11) is 2.77. The summed E-state index contributed by atoms with van der Waals surface area (Å²) in [6.45, 7) is 1.45. The average molecular weight is 249 g/mol. The Morgan fingerprint density at radius 2 is 1.94 bits per heavy atom. The van der Waals surface area contributed by atoms with Gasteiger partial charge in [0.25, 0.3) is 0 Å². The van der Waals surface area contributed by atoms with Crippen molar-refractivity contribution in [3.63, 3.8) is 0 Å². The molecule has 0 saturated carbocycles. The van der Waals surface area contributed by atoms with Crippen LogP contribution in [0.3, 0.4) is 0 Å². The first-order chi connectivity index (χ1) is 7.43. The molecule has 0 saturated heterocycles. The predicted octanol–water partition coefficient (Wildman–Crippen LogP) is 2.31. The van der Waals surface area contributed by atoms with E-state index in [0.717, 1.165) is 6.07 Å². The minimum Gasteiger partial charge on any atom is -0.380 e. The van der Waals surface area contributed by atoms with Crippen LogP contribution in [0.5, 0.6) is 0 Å². The molecule has 0 fully saturated rings. The second kappa shape index (κ2) is 5.10. The van der Waals surface area contributed by atoms with Gasteiger partial charge in [0, 0.05) is 24.8 Å². The van der Waals surface area contributed by atoms with Gasteiger partial charge >= 0.3 is 0 Å². The van der Waals surface area contributed by atoms with Crippen molar-refractivity contribution in [1.29, 1.82) is 0 Å². The fourth-order valence-electron chi connectivity index (χ4n) is 1.57. The zero-order valence-electron chi connectivity index (χ0n) is 9.33. The molecule has 1 rings (SSSR count). The Kier molecular flexibility index (Phi) is 4.27. The Bertz CT molecular complexity index is 364. The largest absolute Gasteiger partial charge is 0.380 e. The smallest absolute Gasteiger partial charge is 0.189 e. The number of rotatable bonds is 4. The molecule has 1 atom stereocenters. The summed E-state index contributed by atoms with van der Waals surface area (Å²) in [6.07, 6.45) is -0.924. The van der Waals surface area contributed by atoms with E-state index in [1.165, 1.54) is 33.3 Å². The maximum Gasteiger partial charge on any atom is 0.189 e. The maximum absolute atomic E-state index is 13.1. The van der Waals surface area contributed by atoms with Gasteiger partial charge in [-0.1, -0.05) is 11.6 Å². The van der Waals surface area contributed by atoms with Crippen LogP contribution in [0.15, 0.2) is 18.2 Å². The first-order valence-corrected chi connectivity index (χ1v) is 5.04. The van der Waals surface area contributed by atoms with Gasteiger partial charge in [-0.2, -0.15) is 0 Å². The molecule has 90 valence electrons. The van der Waals surface area contributed by atoms with Crippen LogP contribution < -0.4 is 0 Å². The highest BCUT2D eigenvalue weighted by Gasteiger charge is 2.36. The third-order valence-corrected chi connectivity index (χ3v) is 2.69. The van der Waals surface area contributed by atoms with Crippen molar-refractivity contribution >= 4 is 11.6 Å². The highest BCUT2D eigenvalue weighted by Crippen LogP contribution is 2.32. The van der Waals surface area contributed by atoms with E-state index in [4.69, 9.17) is 21.1 Å². The van der Waals surface area contributed by atoms with E-state index < -0.39 is 17.7 Å². The number of ether oxygens (including phenoxy) is 2. The van der Waals surface area contributed by atoms with Crippen molar-refractivity contribution < 1.29 is 19.0 Å². The van der Waals surface area contributed by atoms with E-state index in [9.17, 15) is 9.50 Å². The molecular weight excluding hydrogens is 235 g/mol. The highest BCUT2D eigenvalue weighted by atomic mass is 35.5. The molecule has 3 nitrogen and oxygen atoms in total. The zero-order valence-corrected chi connectivity index (χ0v) is 10.1. The number of benzene rings is 1. The lowest BCUT2D eigenvalue weighted by Gasteiger charge is -2.31. The molecule has 16 heavy (non-hydrogen) atoms. The van der Waals surface area contributed by atoms with Crippen molar-refractivity contribution in [2.75, 3.05) is 14.2 Å². The van der Waals surface area contributed by atoms with E-state index in [0.29, 0.717) is 0 Å². The molecule has 1 aromatic carbocycles. The molecule has 0 spiro atoms. The number of aliphatic hydroxyl groups is 1. The Balaban J connectivity index is 3.19. The molecule has 0 aliphatic rings. The Morgan fingerprint density at radius 1 is 1.38 bits per heavy atom. The lowest BCUT2D eigenvalue weighted by atomic mass is 9.95. The van der Waals surface area contributed by atoms with Gasteiger partial charge in [-0.15, -0.1) is 0 Å². The van der Waals surface area contributed by atoms with Crippen LogP contribution >= 0.6 is 11.6 Å². The minimum atomic E-state index is -1.53. The molecule has 0 radical (unpaired) electrons. The van der Waals surface area contributed by atoms with Gasteiger partial charge in [0.15, 0.2) is 6.29 Å². The lowest BCUT2D eigenvalue weighted by molar-refractivity contribution is -0.213. The van der Waals surface area contributed by atoms with Gasteiger partial charge in [0.1, 0.15) is 11.4 Å². The summed E-state index contributed by atoms with van der Waals surface area (Å²) < 4.78 is 23.0. The Labute approximate surface area is 98.7 Å². The molecule has 1 unspecified atom stereocenters. The quantitative estimate of drug-likeness (QED) is 0.831. The van der Waals surface area contributed by atoms with Crippen LogP contribution in [-0.4, -0.2) is 25.6 Å². The van der Waals surface area contributed by atoms with Crippen LogP contribution in [0.25, 0.3) is 0 Å². The van der Waals surface area contributed by atoms with Gasteiger partial charge in [0.05, 0.1) is 0 Å². The molecule has 1 aromatic rings. The van der Waals surface area contributed by atoms with Crippen molar-refractivity contribution in [1.82, 2.24) is 0 Å². The van der Waals surface area contributed by atoms with Crippen LogP contribution in [0.2, 0.25) is 5.02 Å². The average Bonchev–Trinajstić information content (AvgIpc) is 2.23. The second-order valence-electron chi connectivity index (χ2n) is 3.58.